The molecule has 1 aliphatic rings. The lowest BCUT2D eigenvalue weighted by atomic mass is 9.76. The number of amides is 1. The summed E-state index contributed by atoms with van der Waals surface area (Å²) in [4.78, 5) is 10.7. The molecule has 0 aromatic heterocycles. The van der Waals surface area contributed by atoms with E-state index in [4.69, 9.17) is 19.9 Å². The van der Waals surface area contributed by atoms with Crippen LogP contribution in [0.5, 0.6) is 0 Å². The average molecular weight is 245 g/mol. The van der Waals surface area contributed by atoms with Gasteiger partial charge in [-0.15, -0.1) is 0 Å². The van der Waals surface area contributed by atoms with Crippen molar-refractivity contribution in [3.8, 4) is 0 Å². The van der Waals surface area contributed by atoms with Crippen LogP contribution in [0.3, 0.4) is 0 Å². The smallest absolute Gasteiger partial charge is 0.404 e. The molecule has 1 amide bonds. The Labute approximate surface area is 103 Å². The molecule has 17 heavy (non-hydrogen) atoms. The van der Waals surface area contributed by atoms with E-state index >= 15 is 0 Å². The number of hydrogen-bond donors (Lipinski definition) is 1. The third-order valence-corrected chi connectivity index (χ3v) is 3.11. The van der Waals surface area contributed by atoms with E-state index in [1.54, 1.807) is 0 Å². The molecule has 100 valence electrons. The standard InChI is InChI=1S/C12H23NO4/c1-12(2,3)9(7-16-11(13)14)10-5-4-6-15-8-17-10/h9-10H,4-8H2,1-3H3,(H2,13,14). The van der Waals surface area contributed by atoms with Crippen LogP contribution in [0, 0.1) is 11.3 Å². The van der Waals surface area contributed by atoms with E-state index in [0.29, 0.717) is 13.4 Å². The Hall–Kier alpha value is -0.810. The molecule has 0 saturated carbocycles. The molecular weight excluding hydrogens is 222 g/mol. The van der Waals surface area contributed by atoms with Crippen LogP contribution in [0.1, 0.15) is 33.6 Å². The summed E-state index contributed by atoms with van der Waals surface area (Å²) in [6.07, 6.45) is 1.21. The van der Waals surface area contributed by atoms with Gasteiger partial charge in [0.1, 0.15) is 6.79 Å². The highest BCUT2D eigenvalue weighted by atomic mass is 16.7. The van der Waals surface area contributed by atoms with Crippen molar-refractivity contribution in [2.45, 2.75) is 39.7 Å². The first-order valence-electron chi connectivity index (χ1n) is 6.03. The maximum Gasteiger partial charge on any atom is 0.404 e. The molecule has 2 unspecified atom stereocenters. The van der Waals surface area contributed by atoms with Gasteiger partial charge in [0, 0.05) is 12.5 Å². The first-order valence-corrected chi connectivity index (χ1v) is 6.03. The van der Waals surface area contributed by atoms with Gasteiger partial charge in [-0.05, 0) is 18.3 Å². The van der Waals surface area contributed by atoms with Crippen LogP contribution in [0.25, 0.3) is 0 Å². The molecule has 2 N–H and O–H groups in total. The fourth-order valence-corrected chi connectivity index (χ4v) is 2.07. The van der Waals surface area contributed by atoms with Gasteiger partial charge in [0.15, 0.2) is 0 Å². The van der Waals surface area contributed by atoms with E-state index < -0.39 is 6.09 Å². The number of primary amides is 1. The Morgan fingerprint density at radius 1 is 1.53 bits per heavy atom. The molecule has 1 heterocycles. The molecule has 1 fully saturated rings. The molecule has 0 spiro atoms. The Kier molecular flexibility index (Phi) is 5.21. The summed E-state index contributed by atoms with van der Waals surface area (Å²) in [5.41, 5.74) is 5.01. The summed E-state index contributed by atoms with van der Waals surface area (Å²) < 4.78 is 15.9. The van der Waals surface area contributed by atoms with Crippen LogP contribution >= 0.6 is 0 Å². The van der Waals surface area contributed by atoms with Gasteiger partial charge in [-0.25, -0.2) is 4.79 Å². The van der Waals surface area contributed by atoms with Gasteiger partial charge in [0.25, 0.3) is 0 Å². The fraction of sp³-hybridized carbons (Fsp3) is 0.917. The highest BCUT2D eigenvalue weighted by molar-refractivity contribution is 5.64. The van der Waals surface area contributed by atoms with Gasteiger partial charge < -0.3 is 19.9 Å². The second-order valence-corrected chi connectivity index (χ2v) is 5.48. The summed E-state index contributed by atoms with van der Waals surface area (Å²) in [6, 6.07) is 0. The van der Waals surface area contributed by atoms with Crippen LogP contribution in [0.4, 0.5) is 4.79 Å². The van der Waals surface area contributed by atoms with E-state index in [0.717, 1.165) is 19.4 Å². The Bertz CT molecular complexity index is 241. The predicted molar refractivity (Wildman–Crippen MR) is 63.4 cm³/mol. The van der Waals surface area contributed by atoms with Gasteiger partial charge >= 0.3 is 6.09 Å². The molecule has 1 aliphatic heterocycles. The van der Waals surface area contributed by atoms with E-state index in [1.165, 1.54) is 0 Å². The molecule has 0 aromatic carbocycles. The number of carbonyl (C=O) groups excluding carboxylic acids is 1. The Morgan fingerprint density at radius 3 is 2.82 bits per heavy atom. The third kappa shape index (κ3) is 4.91. The molecule has 0 bridgehead atoms. The minimum Gasteiger partial charge on any atom is -0.449 e. The zero-order valence-electron chi connectivity index (χ0n) is 10.9. The zero-order chi connectivity index (χ0) is 12.9. The van der Waals surface area contributed by atoms with Crippen LogP contribution in [-0.4, -0.2) is 32.2 Å². The third-order valence-electron chi connectivity index (χ3n) is 3.11. The summed E-state index contributed by atoms with van der Waals surface area (Å²) in [5.74, 6) is 0.122. The lowest BCUT2D eigenvalue weighted by Gasteiger charge is -2.35. The largest absolute Gasteiger partial charge is 0.449 e. The Balaban J connectivity index is 2.63. The molecule has 5 heteroatoms. The first-order chi connectivity index (χ1) is 7.91. The summed E-state index contributed by atoms with van der Waals surface area (Å²) in [7, 11) is 0. The summed E-state index contributed by atoms with van der Waals surface area (Å²) >= 11 is 0. The van der Waals surface area contributed by atoms with Gasteiger partial charge in [-0.1, -0.05) is 20.8 Å². The van der Waals surface area contributed by atoms with E-state index in [9.17, 15) is 4.79 Å². The number of hydrogen-bond acceptors (Lipinski definition) is 4. The van der Waals surface area contributed by atoms with Crippen molar-refractivity contribution in [1.82, 2.24) is 0 Å². The molecule has 5 nitrogen and oxygen atoms in total. The van der Waals surface area contributed by atoms with E-state index in [-0.39, 0.29) is 17.4 Å². The second kappa shape index (κ2) is 6.21. The molecule has 1 rings (SSSR count). The Morgan fingerprint density at radius 2 is 2.24 bits per heavy atom. The quantitative estimate of drug-likeness (QED) is 0.824. The maximum atomic E-state index is 10.7. The van der Waals surface area contributed by atoms with Crippen molar-refractivity contribution in [3.63, 3.8) is 0 Å². The van der Waals surface area contributed by atoms with Gasteiger partial charge in [0.05, 0.1) is 12.7 Å². The zero-order valence-corrected chi connectivity index (χ0v) is 10.9. The number of rotatable bonds is 3. The lowest BCUT2D eigenvalue weighted by molar-refractivity contribution is -0.109. The lowest BCUT2D eigenvalue weighted by Crippen LogP contribution is -2.38. The monoisotopic (exact) mass is 245 g/mol. The van der Waals surface area contributed by atoms with Crippen molar-refractivity contribution < 1.29 is 19.0 Å². The van der Waals surface area contributed by atoms with E-state index in [1.807, 2.05) is 0 Å². The first kappa shape index (κ1) is 14.3. The maximum absolute atomic E-state index is 10.7. The number of nitrogens with two attached hydrogens (primary N) is 1. The molecule has 0 aromatic rings. The topological polar surface area (TPSA) is 70.8 Å². The molecular formula is C12H23NO4. The number of ether oxygens (including phenoxy) is 3. The molecule has 2 atom stereocenters. The second-order valence-electron chi connectivity index (χ2n) is 5.48. The summed E-state index contributed by atoms with van der Waals surface area (Å²) in [6.45, 7) is 7.66. The molecule has 0 aliphatic carbocycles. The van der Waals surface area contributed by atoms with Crippen molar-refractivity contribution in [2.24, 2.45) is 17.1 Å². The van der Waals surface area contributed by atoms with Crippen LogP contribution < -0.4 is 5.73 Å². The predicted octanol–water partition coefficient (Wildman–Crippen LogP) is 1.90. The van der Waals surface area contributed by atoms with Crippen LogP contribution in [0.15, 0.2) is 0 Å². The SMILES string of the molecule is CC(C)(C)C(COC(N)=O)C1CCCOCO1. The summed E-state index contributed by atoms with van der Waals surface area (Å²) in [5, 5.41) is 0. The van der Waals surface area contributed by atoms with E-state index in [2.05, 4.69) is 20.8 Å². The van der Waals surface area contributed by atoms with Crippen molar-refractivity contribution >= 4 is 6.09 Å². The van der Waals surface area contributed by atoms with Crippen molar-refractivity contribution in [2.75, 3.05) is 20.0 Å². The fourth-order valence-electron chi connectivity index (χ4n) is 2.07. The van der Waals surface area contributed by atoms with Crippen molar-refractivity contribution in [3.05, 3.63) is 0 Å². The minimum atomic E-state index is -0.732. The average Bonchev–Trinajstić information content (AvgIpc) is 2.44. The van der Waals surface area contributed by atoms with Crippen LogP contribution in [-0.2, 0) is 14.2 Å². The van der Waals surface area contributed by atoms with Crippen molar-refractivity contribution in [1.29, 1.82) is 0 Å². The highest BCUT2D eigenvalue weighted by Crippen LogP contribution is 2.33. The van der Waals surface area contributed by atoms with Crippen LogP contribution in [0.2, 0.25) is 0 Å². The van der Waals surface area contributed by atoms with Gasteiger partial charge in [0.2, 0.25) is 0 Å². The van der Waals surface area contributed by atoms with Gasteiger partial charge in [-0.3, -0.25) is 0 Å². The normalized spacial score (nSPS) is 23.8. The minimum absolute atomic E-state index is 0.00947. The molecule has 1 saturated heterocycles. The number of carbonyl (C=O) groups is 1. The molecule has 0 radical (unpaired) electrons. The van der Waals surface area contributed by atoms with Gasteiger partial charge in [-0.2, -0.15) is 0 Å². The highest BCUT2D eigenvalue weighted by Gasteiger charge is 2.34.